The van der Waals surface area contributed by atoms with Crippen LogP contribution in [0, 0.1) is 56.7 Å². The monoisotopic (exact) mass is 687 g/mol. The van der Waals surface area contributed by atoms with Gasteiger partial charge in [0.2, 0.25) is 0 Å². The van der Waals surface area contributed by atoms with E-state index >= 15 is 0 Å². The van der Waals surface area contributed by atoms with Crippen LogP contribution >= 0.6 is 0 Å². The molecule has 268 valence electrons. The number of carbonyl (C=O) groups is 1. The molecule has 0 radical (unpaired) electrons. The molecule has 49 heavy (non-hydrogen) atoms. The van der Waals surface area contributed by atoms with Crippen LogP contribution in [0.2, 0.25) is 0 Å². The smallest absolute Gasteiger partial charge is 0.335 e. The molecular weight excluding hydrogens is 627 g/mol. The second-order valence-corrected chi connectivity index (χ2v) is 21.0. The van der Waals surface area contributed by atoms with Crippen LogP contribution in [0.3, 0.4) is 0 Å². The molecule has 4 saturated carbocycles. The van der Waals surface area contributed by atoms with Crippen molar-refractivity contribution in [2.24, 2.45) is 56.7 Å². The zero-order valence-electron chi connectivity index (χ0n) is 31.1. The summed E-state index contributed by atoms with van der Waals surface area (Å²) in [5.41, 5.74) is 5.32. The zero-order chi connectivity index (χ0) is 35.2. The zero-order valence-corrected chi connectivity index (χ0v) is 31.9. The minimum absolute atomic E-state index is 0.0123. The number of nitrogens with zero attached hydrogens (tertiary/aromatic N) is 1. The summed E-state index contributed by atoms with van der Waals surface area (Å²) in [7, 11) is -2.86. The van der Waals surface area contributed by atoms with E-state index in [0.29, 0.717) is 59.7 Å². The van der Waals surface area contributed by atoms with E-state index in [9.17, 15) is 18.3 Å². The van der Waals surface area contributed by atoms with E-state index in [1.165, 1.54) is 68.1 Å². The Kier molecular flexibility index (Phi) is 8.58. The van der Waals surface area contributed by atoms with Crippen LogP contribution < -0.4 is 0 Å². The number of rotatable bonds is 6. The minimum atomic E-state index is -2.86. The average Bonchev–Trinajstić information content (AvgIpc) is 3.42. The van der Waals surface area contributed by atoms with Crippen molar-refractivity contribution in [3.05, 3.63) is 65.8 Å². The Morgan fingerprint density at radius 1 is 0.918 bits per heavy atom. The van der Waals surface area contributed by atoms with Crippen LogP contribution in [0.25, 0.3) is 5.57 Å². The first-order valence-corrected chi connectivity index (χ1v) is 21.1. The van der Waals surface area contributed by atoms with Gasteiger partial charge in [-0.1, -0.05) is 77.1 Å². The first-order valence-electron chi connectivity index (χ1n) is 19.3. The predicted molar refractivity (Wildman–Crippen MR) is 200 cm³/mol. The quantitative estimate of drug-likeness (QED) is 0.302. The number of sulfone groups is 1. The molecule has 1 saturated heterocycles. The molecule has 6 heteroatoms. The molecule has 7 rings (SSSR count). The number of aromatic carboxylic acids is 1. The van der Waals surface area contributed by atoms with Gasteiger partial charge in [0.25, 0.3) is 0 Å². The van der Waals surface area contributed by atoms with E-state index in [4.69, 9.17) is 0 Å². The highest BCUT2D eigenvalue weighted by atomic mass is 32.2. The number of carboxylic acid groups (broad SMARTS) is 1. The summed E-state index contributed by atoms with van der Waals surface area (Å²) < 4.78 is 24.0. The Labute approximate surface area is 296 Å². The topological polar surface area (TPSA) is 74.7 Å². The SMILES string of the molecule is C=C(C)[C@@H]1CC[C@]2(/C=C/CN3CCS(=O)(=O)CC3)CC[C@]3(C)[C@H](CC[C@@H]4[C@@]5(C)CC=C(c6ccc(C(=O)O)cc6)C(C)(C)[C@@H]5CC[C@]43C)[C@@H]12. The third-order valence-corrected chi connectivity index (χ3v) is 18.0. The molecule has 0 spiro atoms. The number of hydrogen-bond acceptors (Lipinski definition) is 4. The summed E-state index contributed by atoms with van der Waals surface area (Å²) >= 11 is 0. The van der Waals surface area contributed by atoms with Gasteiger partial charge in [0.05, 0.1) is 17.1 Å². The van der Waals surface area contributed by atoms with E-state index in [0.717, 1.165) is 13.0 Å². The Morgan fingerprint density at radius 3 is 2.27 bits per heavy atom. The molecule has 0 amide bonds. The molecule has 0 aromatic heterocycles. The lowest BCUT2D eigenvalue weighted by Crippen LogP contribution is -2.65. The third-order valence-electron chi connectivity index (χ3n) is 16.4. The molecule has 1 N–H and O–H groups in total. The van der Waals surface area contributed by atoms with Gasteiger partial charge in [-0.05, 0) is 145 Å². The molecule has 5 aliphatic carbocycles. The van der Waals surface area contributed by atoms with Crippen LogP contribution in [-0.2, 0) is 9.84 Å². The summed E-state index contributed by atoms with van der Waals surface area (Å²) in [6, 6.07) is 7.58. The highest BCUT2D eigenvalue weighted by molar-refractivity contribution is 7.91. The standard InChI is InChI=1S/C43H61NO4S/c1-29(2)32-15-21-43(18-8-24-44-25-27-49(47,48)28-26-44)23-22-41(6)34(37(32)43)13-14-36-40(5)19-16-33(30-9-11-31(12-10-30)38(45)46)39(3,4)35(40)17-20-42(36,41)7/h8-12,16,18,32,34-37H,1,13-15,17,19-28H2,2-7H3,(H,45,46)/b18-8+/t32-,34+,35-,36+,37+,40-,41+,42+,43+/m0/s1. The van der Waals surface area contributed by atoms with Gasteiger partial charge in [-0.3, -0.25) is 4.90 Å². The van der Waals surface area contributed by atoms with Crippen molar-refractivity contribution in [1.29, 1.82) is 0 Å². The molecule has 1 aromatic rings. The van der Waals surface area contributed by atoms with Crippen LogP contribution in [0.5, 0.6) is 0 Å². The van der Waals surface area contributed by atoms with Crippen molar-refractivity contribution < 1.29 is 18.3 Å². The summed E-state index contributed by atoms with van der Waals surface area (Å²) in [4.78, 5) is 13.9. The summed E-state index contributed by atoms with van der Waals surface area (Å²) in [5.74, 6) is 2.87. The fourth-order valence-corrected chi connectivity index (χ4v) is 15.0. The lowest BCUT2D eigenvalue weighted by atomic mass is 9.32. The molecule has 5 fully saturated rings. The number of allylic oxidation sites excluding steroid dienone is 4. The number of benzene rings is 1. The van der Waals surface area contributed by atoms with E-state index < -0.39 is 15.8 Å². The second-order valence-electron chi connectivity index (χ2n) is 18.7. The van der Waals surface area contributed by atoms with E-state index in [1.807, 2.05) is 12.1 Å². The second kappa shape index (κ2) is 11.9. The average molecular weight is 688 g/mol. The molecule has 1 aliphatic heterocycles. The van der Waals surface area contributed by atoms with Crippen LogP contribution in [0.15, 0.2) is 54.6 Å². The van der Waals surface area contributed by atoms with Crippen molar-refractivity contribution in [3.8, 4) is 0 Å². The third kappa shape index (κ3) is 5.39. The molecule has 9 atom stereocenters. The van der Waals surface area contributed by atoms with Crippen LogP contribution in [0.4, 0.5) is 0 Å². The summed E-state index contributed by atoms with van der Waals surface area (Å²) in [6.45, 7) is 22.0. The molecule has 5 nitrogen and oxygen atoms in total. The van der Waals surface area contributed by atoms with E-state index in [2.05, 4.69) is 71.2 Å². The Bertz CT molecular complexity index is 1660. The van der Waals surface area contributed by atoms with Gasteiger partial charge in [0.15, 0.2) is 9.84 Å². The maximum absolute atomic E-state index is 12.0. The van der Waals surface area contributed by atoms with E-state index in [1.54, 1.807) is 12.1 Å². The van der Waals surface area contributed by atoms with E-state index in [-0.39, 0.29) is 27.1 Å². The molecular formula is C43H61NO4S. The van der Waals surface area contributed by atoms with Gasteiger partial charge in [0.1, 0.15) is 0 Å². The normalized spacial score (nSPS) is 42.7. The first-order chi connectivity index (χ1) is 23.0. The molecule has 1 aromatic carbocycles. The van der Waals surface area contributed by atoms with Gasteiger partial charge < -0.3 is 5.11 Å². The minimum Gasteiger partial charge on any atom is -0.478 e. The number of fused-ring (bicyclic) bond motifs is 7. The summed E-state index contributed by atoms with van der Waals surface area (Å²) in [5, 5.41) is 9.48. The van der Waals surface area contributed by atoms with Crippen molar-refractivity contribution in [2.75, 3.05) is 31.1 Å². The van der Waals surface area contributed by atoms with Crippen LogP contribution in [0.1, 0.15) is 115 Å². The predicted octanol–water partition coefficient (Wildman–Crippen LogP) is 9.32. The fraction of sp³-hybridized carbons (Fsp3) is 0.698. The lowest BCUT2D eigenvalue weighted by molar-refractivity contribution is -0.221. The van der Waals surface area contributed by atoms with Crippen molar-refractivity contribution >= 4 is 21.4 Å². The summed E-state index contributed by atoms with van der Waals surface area (Å²) in [6.07, 6.45) is 18.8. The van der Waals surface area contributed by atoms with Gasteiger partial charge in [-0.2, -0.15) is 0 Å². The maximum Gasteiger partial charge on any atom is 0.335 e. The molecule has 1 heterocycles. The molecule has 0 bridgehead atoms. The molecule has 6 aliphatic rings. The van der Waals surface area contributed by atoms with Crippen molar-refractivity contribution in [3.63, 3.8) is 0 Å². The van der Waals surface area contributed by atoms with Crippen LogP contribution in [-0.4, -0.2) is 55.5 Å². The van der Waals surface area contributed by atoms with Crippen molar-refractivity contribution in [1.82, 2.24) is 4.90 Å². The Balaban J connectivity index is 1.17. The number of hydrogen-bond donors (Lipinski definition) is 1. The Hall–Kier alpha value is -2.18. The first kappa shape index (κ1) is 35.2. The maximum atomic E-state index is 12.0. The largest absolute Gasteiger partial charge is 0.478 e. The number of carboxylic acids is 1. The highest BCUT2D eigenvalue weighted by Crippen LogP contribution is 2.78. The van der Waals surface area contributed by atoms with Crippen molar-refractivity contribution in [2.45, 2.75) is 99.3 Å². The Morgan fingerprint density at radius 2 is 1.61 bits per heavy atom. The van der Waals surface area contributed by atoms with Gasteiger partial charge in [-0.25, -0.2) is 13.2 Å². The van der Waals surface area contributed by atoms with Gasteiger partial charge in [-0.15, -0.1) is 0 Å². The van der Waals surface area contributed by atoms with Gasteiger partial charge in [0, 0.05) is 19.6 Å². The highest BCUT2D eigenvalue weighted by Gasteiger charge is 2.70. The fourth-order valence-electron chi connectivity index (χ4n) is 13.7. The lowest BCUT2D eigenvalue weighted by Gasteiger charge is -2.72. The van der Waals surface area contributed by atoms with Gasteiger partial charge >= 0.3 is 5.97 Å². The molecule has 0 unspecified atom stereocenters.